The molecule has 0 saturated heterocycles. The average molecular weight is 331 g/mol. The molecule has 1 aromatic heterocycles. The molecular formula is C13H15BrO3S. The van der Waals surface area contributed by atoms with Crippen LogP contribution in [-0.2, 0) is 4.79 Å². The molecule has 5 heteroatoms. The standard InChI is InChI=1S/C13H15BrO3S/c1-6-3-8(9(4-6)13(16)17)11(15)12-10(14)5-7(2)18-12/h5-6,8-9H,3-4H2,1-2H3,(H,16,17). The molecule has 0 bridgehead atoms. The second-order valence-corrected chi connectivity index (χ2v) is 7.14. The van der Waals surface area contributed by atoms with E-state index in [-0.39, 0.29) is 11.7 Å². The number of carboxylic acid groups (broad SMARTS) is 1. The molecule has 1 N–H and O–H groups in total. The van der Waals surface area contributed by atoms with Crippen molar-refractivity contribution in [1.29, 1.82) is 0 Å². The molecule has 18 heavy (non-hydrogen) atoms. The molecule has 0 spiro atoms. The Balaban J connectivity index is 2.28. The minimum Gasteiger partial charge on any atom is -0.481 e. The van der Waals surface area contributed by atoms with E-state index in [1.54, 1.807) is 0 Å². The van der Waals surface area contributed by atoms with Crippen LogP contribution in [0.25, 0.3) is 0 Å². The van der Waals surface area contributed by atoms with E-state index >= 15 is 0 Å². The van der Waals surface area contributed by atoms with E-state index in [1.807, 2.05) is 19.9 Å². The van der Waals surface area contributed by atoms with Gasteiger partial charge in [-0.15, -0.1) is 11.3 Å². The third-order valence-electron chi connectivity index (χ3n) is 3.49. The number of carboxylic acids is 1. The van der Waals surface area contributed by atoms with Gasteiger partial charge >= 0.3 is 5.97 Å². The molecule has 1 heterocycles. The molecule has 0 radical (unpaired) electrons. The Morgan fingerprint density at radius 3 is 2.50 bits per heavy atom. The summed E-state index contributed by atoms with van der Waals surface area (Å²) in [5, 5.41) is 9.21. The lowest BCUT2D eigenvalue weighted by Gasteiger charge is -2.13. The quantitative estimate of drug-likeness (QED) is 0.858. The monoisotopic (exact) mass is 330 g/mol. The predicted octanol–water partition coefficient (Wildman–Crippen LogP) is 3.75. The maximum Gasteiger partial charge on any atom is 0.307 e. The number of halogens is 1. The van der Waals surface area contributed by atoms with Crippen LogP contribution in [-0.4, -0.2) is 16.9 Å². The molecule has 1 aliphatic carbocycles. The van der Waals surface area contributed by atoms with E-state index in [0.717, 1.165) is 9.35 Å². The van der Waals surface area contributed by atoms with Crippen molar-refractivity contribution in [3.05, 3.63) is 20.3 Å². The molecule has 2 rings (SSSR count). The zero-order chi connectivity index (χ0) is 13.4. The largest absolute Gasteiger partial charge is 0.481 e. The van der Waals surface area contributed by atoms with Crippen LogP contribution in [0.5, 0.6) is 0 Å². The summed E-state index contributed by atoms with van der Waals surface area (Å²) in [6, 6.07) is 1.91. The Morgan fingerprint density at radius 1 is 1.39 bits per heavy atom. The Kier molecular flexibility index (Phi) is 3.92. The predicted molar refractivity (Wildman–Crippen MR) is 74.1 cm³/mol. The smallest absolute Gasteiger partial charge is 0.307 e. The van der Waals surface area contributed by atoms with Crippen molar-refractivity contribution in [3.8, 4) is 0 Å². The lowest BCUT2D eigenvalue weighted by atomic mass is 9.91. The maximum atomic E-state index is 12.5. The van der Waals surface area contributed by atoms with Gasteiger partial charge in [0.05, 0.1) is 10.8 Å². The Hall–Kier alpha value is -0.680. The number of Topliss-reactive ketones (excluding diaryl/α,β-unsaturated/α-hetero) is 1. The summed E-state index contributed by atoms with van der Waals surface area (Å²) < 4.78 is 0.790. The number of aryl methyl sites for hydroxylation is 1. The molecule has 3 unspecified atom stereocenters. The van der Waals surface area contributed by atoms with Gasteiger partial charge in [-0.2, -0.15) is 0 Å². The normalized spacial score (nSPS) is 27.4. The van der Waals surface area contributed by atoms with E-state index in [2.05, 4.69) is 15.9 Å². The minimum absolute atomic E-state index is 0.0169. The third-order valence-corrected chi connectivity index (χ3v) is 5.44. The van der Waals surface area contributed by atoms with E-state index in [9.17, 15) is 14.7 Å². The van der Waals surface area contributed by atoms with E-state index in [4.69, 9.17) is 0 Å². The number of thiophene rings is 1. The molecule has 1 fully saturated rings. The average Bonchev–Trinajstić information content (AvgIpc) is 2.81. The number of hydrogen-bond donors (Lipinski definition) is 1. The van der Waals surface area contributed by atoms with Gasteiger partial charge in [-0.1, -0.05) is 6.92 Å². The van der Waals surface area contributed by atoms with Gasteiger partial charge in [-0.05, 0) is 47.7 Å². The van der Waals surface area contributed by atoms with Gasteiger partial charge in [0, 0.05) is 15.3 Å². The van der Waals surface area contributed by atoms with Gasteiger partial charge in [0.1, 0.15) is 0 Å². The lowest BCUT2D eigenvalue weighted by Crippen LogP contribution is -2.25. The summed E-state index contributed by atoms with van der Waals surface area (Å²) in [4.78, 5) is 25.4. The first-order valence-electron chi connectivity index (χ1n) is 5.93. The zero-order valence-electron chi connectivity index (χ0n) is 10.3. The maximum absolute atomic E-state index is 12.5. The van der Waals surface area contributed by atoms with E-state index in [1.165, 1.54) is 11.3 Å². The second-order valence-electron chi connectivity index (χ2n) is 5.03. The molecule has 3 atom stereocenters. The number of ketones is 1. The lowest BCUT2D eigenvalue weighted by molar-refractivity contribution is -0.142. The number of aliphatic carboxylic acids is 1. The van der Waals surface area contributed by atoms with Crippen LogP contribution in [0.2, 0.25) is 0 Å². The molecule has 0 amide bonds. The molecule has 98 valence electrons. The SMILES string of the molecule is Cc1cc(Br)c(C(=O)C2CC(C)CC2C(=O)O)s1. The first-order chi connectivity index (χ1) is 8.40. The van der Waals surface area contributed by atoms with Crippen molar-refractivity contribution in [2.75, 3.05) is 0 Å². The van der Waals surface area contributed by atoms with Crippen molar-refractivity contribution < 1.29 is 14.7 Å². The molecule has 1 saturated carbocycles. The van der Waals surface area contributed by atoms with Gasteiger partial charge in [0.2, 0.25) is 0 Å². The Bertz CT molecular complexity index is 494. The summed E-state index contributed by atoms with van der Waals surface area (Å²) in [6.45, 7) is 3.95. The van der Waals surface area contributed by atoms with Gasteiger partial charge in [-0.25, -0.2) is 0 Å². The topological polar surface area (TPSA) is 54.4 Å². The van der Waals surface area contributed by atoms with Crippen LogP contribution in [0.3, 0.4) is 0 Å². The minimum atomic E-state index is -0.845. The van der Waals surface area contributed by atoms with Crippen LogP contribution in [0.4, 0.5) is 0 Å². The molecule has 0 aliphatic heterocycles. The Morgan fingerprint density at radius 2 is 2.00 bits per heavy atom. The van der Waals surface area contributed by atoms with Crippen molar-refractivity contribution in [2.24, 2.45) is 17.8 Å². The number of hydrogen-bond acceptors (Lipinski definition) is 3. The van der Waals surface area contributed by atoms with Crippen LogP contribution >= 0.6 is 27.3 Å². The van der Waals surface area contributed by atoms with Crippen LogP contribution in [0.1, 0.15) is 34.3 Å². The molecule has 0 aromatic carbocycles. The molecule has 1 aromatic rings. The fourth-order valence-corrected chi connectivity index (χ4v) is 4.51. The van der Waals surface area contributed by atoms with E-state index < -0.39 is 11.9 Å². The number of rotatable bonds is 3. The fraction of sp³-hybridized carbons (Fsp3) is 0.538. The van der Waals surface area contributed by atoms with Crippen LogP contribution < -0.4 is 0 Å². The summed E-state index contributed by atoms with van der Waals surface area (Å²) in [5.74, 6) is -1.45. The van der Waals surface area contributed by atoms with Crippen molar-refractivity contribution >= 4 is 39.0 Å². The highest BCUT2D eigenvalue weighted by atomic mass is 79.9. The van der Waals surface area contributed by atoms with Gasteiger partial charge in [0.25, 0.3) is 0 Å². The second kappa shape index (κ2) is 5.13. The van der Waals surface area contributed by atoms with Gasteiger partial charge in [0.15, 0.2) is 5.78 Å². The highest BCUT2D eigenvalue weighted by Crippen LogP contribution is 2.40. The van der Waals surface area contributed by atoms with Crippen molar-refractivity contribution in [3.63, 3.8) is 0 Å². The summed E-state index contributed by atoms with van der Waals surface area (Å²) in [5.41, 5.74) is 0. The van der Waals surface area contributed by atoms with Crippen LogP contribution in [0, 0.1) is 24.7 Å². The highest BCUT2D eigenvalue weighted by Gasteiger charge is 2.42. The third kappa shape index (κ3) is 2.52. The van der Waals surface area contributed by atoms with Crippen molar-refractivity contribution in [2.45, 2.75) is 26.7 Å². The zero-order valence-corrected chi connectivity index (χ0v) is 12.7. The Labute approximate surface area is 118 Å². The number of carbonyl (C=O) groups is 2. The first-order valence-corrected chi connectivity index (χ1v) is 7.54. The number of carbonyl (C=O) groups excluding carboxylic acids is 1. The van der Waals surface area contributed by atoms with Gasteiger partial charge in [-0.3, -0.25) is 9.59 Å². The summed E-state index contributed by atoms with van der Waals surface area (Å²) in [7, 11) is 0. The van der Waals surface area contributed by atoms with Gasteiger partial charge < -0.3 is 5.11 Å². The first kappa shape index (κ1) is 13.7. The molecule has 1 aliphatic rings. The summed E-state index contributed by atoms with van der Waals surface area (Å²) in [6.07, 6.45) is 1.28. The van der Waals surface area contributed by atoms with Crippen LogP contribution in [0.15, 0.2) is 10.5 Å². The highest BCUT2D eigenvalue weighted by molar-refractivity contribution is 9.10. The molecule has 3 nitrogen and oxygen atoms in total. The molecular weight excluding hydrogens is 316 g/mol. The fourth-order valence-electron chi connectivity index (χ4n) is 2.67. The summed E-state index contributed by atoms with van der Waals surface area (Å²) >= 11 is 4.81. The van der Waals surface area contributed by atoms with E-state index in [0.29, 0.717) is 23.6 Å². The van der Waals surface area contributed by atoms with Crippen molar-refractivity contribution in [1.82, 2.24) is 0 Å².